The van der Waals surface area contributed by atoms with E-state index in [2.05, 4.69) is 15.5 Å². The number of amides is 3. The van der Waals surface area contributed by atoms with Gasteiger partial charge in [-0.2, -0.15) is 0 Å². The average Bonchev–Trinajstić information content (AvgIpc) is 3.83. The predicted molar refractivity (Wildman–Crippen MR) is 214 cm³/mol. The van der Waals surface area contributed by atoms with Gasteiger partial charge in [0, 0.05) is 39.9 Å². The summed E-state index contributed by atoms with van der Waals surface area (Å²) in [6, 6.07) is 33.1. The molecule has 1 aromatic heterocycles. The lowest BCUT2D eigenvalue weighted by Gasteiger charge is -2.49. The van der Waals surface area contributed by atoms with Crippen LogP contribution < -0.4 is 16.0 Å². The van der Waals surface area contributed by atoms with Gasteiger partial charge in [-0.25, -0.2) is 14.2 Å². The largest absolute Gasteiger partial charge is 0.477 e. The Bertz CT molecular complexity index is 2380. The first-order valence-electron chi connectivity index (χ1n) is 17.8. The Morgan fingerprint density at radius 3 is 2.09 bits per heavy atom. The van der Waals surface area contributed by atoms with Crippen LogP contribution in [-0.4, -0.2) is 68.1 Å². The SMILES string of the molecule is Nc1nc(/C(=N/OC(c2ccccc2)(c2ccccc2)c2ccccc2)C(=O)N[C@@H]2C(=O)N3C(C(=O)O)=C(/C=C4\CCN(c5ccccc5F)C4=O)CS[C@H]23)cs1. The number of oxime groups is 1. The van der Waals surface area contributed by atoms with Gasteiger partial charge in [0.25, 0.3) is 17.7 Å². The highest BCUT2D eigenvalue weighted by molar-refractivity contribution is 8.00. The summed E-state index contributed by atoms with van der Waals surface area (Å²) in [5.41, 5.74) is 7.10. The number of nitrogens with zero attached hydrogens (tertiary/aromatic N) is 4. The Morgan fingerprint density at radius 1 is 0.930 bits per heavy atom. The van der Waals surface area contributed by atoms with Gasteiger partial charge in [0.1, 0.15) is 28.6 Å². The number of nitrogens with two attached hydrogens (primary N) is 1. The normalized spacial score (nSPS) is 19.0. The van der Waals surface area contributed by atoms with Crippen LogP contribution >= 0.6 is 23.1 Å². The summed E-state index contributed by atoms with van der Waals surface area (Å²) < 4.78 is 14.5. The number of allylic oxidation sites excluding steroid dienone is 1. The molecule has 3 amide bonds. The third-order valence-corrected chi connectivity index (χ3v) is 11.9. The van der Waals surface area contributed by atoms with Crippen molar-refractivity contribution in [3.05, 3.63) is 172 Å². The number of aliphatic carboxylic acids is 1. The second-order valence-electron chi connectivity index (χ2n) is 13.2. The third-order valence-electron chi connectivity index (χ3n) is 9.90. The number of thioether (sulfide) groups is 1. The number of nitrogens with one attached hydrogen (secondary N) is 1. The number of rotatable bonds is 11. The summed E-state index contributed by atoms with van der Waals surface area (Å²) >= 11 is 2.33. The molecule has 3 aliphatic heterocycles. The number of carboxylic acid groups (broad SMARTS) is 1. The maximum Gasteiger partial charge on any atom is 0.352 e. The molecule has 4 N–H and O–H groups in total. The van der Waals surface area contributed by atoms with Crippen molar-refractivity contribution in [1.29, 1.82) is 0 Å². The monoisotopic (exact) mass is 800 g/mol. The number of hydrogen-bond acceptors (Lipinski definition) is 10. The first kappa shape index (κ1) is 37.3. The van der Waals surface area contributed by atoms with E-state index in [-0.39, 0.29) is 52.2 Å². The molecular formula is C42H33FN6O6S2. The molecule has 0 aliphatic carbocycles. The van der Waals surface area contributed by atoms with Crippen molar-refractivity contribution in [2.45, 2.75) is 23.4 Å². The molecule has 8 rings (SSSR count). The van der Waals surface area contributed by atoms with E-state index in [1.807, 2.05) is 91.0 Å². The van der Waals surface area contributed by atoms with E-state index in [9.17, 15) is 28.7 Å². The zero-order valence-corrected chi connectivity index (χ0v) is 31.6. The summed E-state index contributed by atoms with van der Waals surface area (Å²) in [5.74, 6) is -3.69. The summed E-state index contributed by atoms with van der Waals surface area (Å²) in [6.45, 7) is 0.217. The van der Waals surface area contributed by atoms with Crippen molar-refractivity contribution in [3.8, 4) is 0 Å². The highest BCUT2D eigenvalue weighted by Crippen LogP contribution is 2.43. The van der Waals surface area contributed by atoms with E-state index >= 15 is 0 Å². The fourth-order valence-electron chi connectivity index (χ4n) is 7.21. The molecule has 57 heavy (non-hydrogen) atoms. The second kappa shape index (κ2) is 15.5. The summed E-state index contributed by atoms with van der Waals surface area (Å²) in [5, 5.41) is 18.5. The molecule has 2 atom stereocenters. The molecule has 15 heteroatoms. The van der Waals surface area contributed by atoms with Crippen molar-refractivity contribution in [3.63, 3.8) is 0 Å². The van der Waals surface area contributed by atoms with Crippen LogP contribution in [-0.2, 0) is 29.6 Å². The Hall–Kier alpha value is -6.58. The minimum atomic E-state index is -1.37. The molecule has 2 saturated heterocycles. The van der Waals surface area contributed by atoms with Gasteiger partial charge >= 0.3 is 5.97 Å². The van der Waals surface area contributed by atoms with E-state index in [4.69, 9.17) is 10.6 Å². The van der Waals surface area contributed by atoms with Crippen LogP contribution in [0.4, 0.5) is 15.2 Å². The first-order chi connectivity index (χ1) is 27.7. The maximum atomic E-state index is 14.5. The number of nitrogen functional groups attached to an aromatic ring is 1. The minimum Gasteiger partial charge on any atom is -0.477 e. The molecule has 0 unspecified atom stereocenters. The number of para-hydroxylation sites is 1. The summed E-state index contributed by atoms with van der Waals surface area (Å²) in [4.78, 5) is 67.3. The summed E-state index contributed by atoms with van der Waals surface area (Å²) in [6.07, 6.45) is 1.73. The Balaban J connectivity index is 1.10. The molecule has 3 aliphatic rings. The van der Waals surface area contributed by atoms with Crippen LogP contribution in [0.5, 0.6) is 0 Å². The number of thiazole rings is 1. The average molecular weight is 801 g/mol. The number of halogens is 1. The lowest BCUT2D eigenvalue weighted by molar-refractivity contribution is -0.150. The van der Waals surface area contributed by atoms with Gasteiger partial charge < -0.3 is 25.9 Å². The van der Waals surface area contributed by atoms with Crippen molar-refractivity contribution < 1.29 is 33.5 Å². The van der Waals surface area contributed by atoms with Gasteiger partial charge in [0.2, 0.25) is 5.60 Å². The van der Waals surface area contributed by atoms with Gasteiger partial charge in [-0.05, 0) is 30.2 Å². The van der Waals surface area contributed by atoms with E-state index in [0.29, 0.717) is 5.57 Å². The van der Waals surface area contributed by atoms with Gasteiger partial charge in [-0.3, -0.25) is 19.3 Å². The third kappa shape index (κ3) is 6.84. The second-order valence-corrected chi connectivity index (χ2v) is 15.2. The van der Waals surface area contributed by atoms with Gasteiger partial charge in [0.05, 0.1) is 5.69 Å². The van der Waals surface area contributed by atoms with Crippen molar-refractivity contribution in [2.24, 2.45) is 5.16 Å². The molecule has 0 saturated carbocycles. The lowest BCUT2D eigenvalue weighted by Crippen LogP contribution is -2.71. The number of hydrogen-bond donors (Lipinski definition) is 3. The number of carboxylic acids is 1. The molecule has 4 aromatic carbocycles. The number of aromatic nitrogens is 1. The highest BCUT2D eigenvalue weighted by atomic mass is 32.2. The van der Waals surface area contributed by atoms with Gasteiger partial charge in [0.15, 0.2) is 10.8 Å². The van der Waals surface area contributed by atoms with Crippen LogP contribution in [0.3, 0.4) is 0 Å². The van der Waals surface area contributed by atoms with Crippen molar-refractivity contribution in [1.82, 2.24) is 15.2 Å². The Kier molecular flexibility index (Phi) is 10.2. The highest BCUT2D eigenvalue weighted by Gasteiger charge is 2.54. The quantitative estimate of drug-likeness (QED) is 0.0501. The molecule has 4 heterocycles. The van der Waals surface area contributed by atoms with Crippen LogP contribution in [0.1, 0.15) is 28.8 Å². The number of anilines is 2. The smallest absolute Gasteiger partial charge is 0.352 e. The van der Waals surface area contributed by atoms with E-state index in [1.165, 1.54) is 40.9 Å². The predicted octanol–water partition coefficient (Wildman–Crippen LogP) is 5.68. The lowest BCUT2D eigenvalue weighted by atomic mass is 9.80. The first-order valence-corrected chi connectivity index (χ1v) is 19.7. The fourth-order valence-corrected chi connectivity index (χ4v) is 9.07. The molecule has 286 valence electrons. The van der Waals surface area contributed by atoms with Crippen LogP contribution in [0.2, 0.25) is 0 Å². The van der Waals surface area contributed by atoms with Crippen molar-refractivity contribution >= 4 is 63.3 Å². The number of carbonyl (C=O) groups excluding carboxylic acids is 3. The fraction of sp³-hybridized carbons (Fsp3) is 0.143. The number of carbonyl (C=O) groups is 4. The number of benzene rings is 4. The molecular weight excluding hydrogens is 768 g/mol. The van der Waals surface area contributed by atoms with E-state index in [1.54, 1.807) is 11.4 Å². The molecule has 5 aromatic rings. The Labute approximate surface area is 334 Å². The standard InChI is InChI=1S/C42H33FN6O6S2/c43-30-18-10-11-19-32(30)48-21-20-25(37(48)51)22-26-23-56-39-34(38(52)49(39)35(26)40(53)54)46-36(50)33(31-24-57-41(44)45-31)47-55-42(27-12-4-1-5-13-27,28-14-6-2-7-15-28)29-16-8-3-9-17-29/h1-19,22,24,34,39H,20-21,23H2,(H2,44,45)(H,46,50)(H,53,54)/b25-22+,47-33-/t34-,39-/m1/s1. The maximum absolute atomic E-state index is 14.5. The zero-order valence-electron chi connectivity index (χ0n) is 29.9. The molecule has 12 nitrogen and oxygen atoms in total. The Morgan fingerprint density at radius 2 is 1.53 bits per heavy atom. The molecule has 2 fully saturated rings. The van der Waals surface area contributed by atoms with Gasteiger partial charge in [-0.15, -0.1) is 23.1 Å². The van der Waals surface area contributed by atoms with Crippen molar-refractivity contribution in [2.75, 3.05) is 22.9 Å². The van der Waals surface area contributed by atoms with E-state index in [0.717, 1.165) is 32.9 Å². The van der Waals surface area contributed by atoms with Gasteiger partial charge in [-0.1, -0.05) is 108 Å². The topological polar surface area (TPSA) is 168 Å². The molecule has 0 radical (unpaired) electrons. The molecule has 0 spiro atoms. The number of β-lactam (4-membered cyclic amide) rings is 1. The minimum absolute atomic E-state index is 0.115. The van der Waals surface area contributed by atoms with Crippen LogP contribution in [0.15, 0.2) is 149 Å². The van der Waals surface area contributed by atoms with Crippen LogP contribution in [0, 0.1) is 5.82 Å². The zero-order chi connectivity index (χ0) is 39.7. The van der Waals surface area contributed by atoms with Crippen LogP contribution in [0.25, 0.3) is 0 Å². The van der Waals surface area contributed by atoms with E-state index < -0.39 is 46.5 Å². The molecule has 0 bridgehead atoms. The number of fused-ring (bicyclic) bond motifs is 1. The summed E-state index contributed by atoms with van der Waals surface area (Å²) in [7, 11) is 0.